The summed E-state index contributed by atoms with van der Waals surface area (Å²) in [6.45, 7) is 3.60. The van der Waals surface area contributed by atoms with Gasteiger partial charge in [-0.25, -0.2) is 4.98 Å². The Morgan fingerprint density at radius 2 is 2.04 bits per heavy atom. The molecule has 1 saturated heterocycles. The molecule has 0 aliphatic carbocycles. The van der Waals surface area contributed by atoms with Crippen LogP contribution in [0.25, 0.3) is 0 Å². The topological polar surface area (TPSA) is 54.5 Å². The lowest BCUT2D eigenvalue weighted by atomic mass is 10.0. The number of hydrogen-bond acceptors (Lipinski definition) is 4. The van der Waals surface area contributed by atoms with Gasteiger partial charge in [0, 0.05) is 37.4 Å². The second kappa shape index (κ2) is 8.52. The minimum atomic E-state index is 0.0148. The maximum absolute atomic E-state index is 12.6. The van der Waals surface area contributed by atoms with E-state index < -0.39 is 0 Å². The van der Waals surface area contributed by atoms with E-state index in [1.807, 2.05) is 29.2 Å². The third-order valence-corrected chi connectivity index (χ3v) is 5.17. The third-order valence-electron chi connectivity index (χ3n) is 4.84. The van der Waals surface area contributed by atoms with Crippen molar-refractivity contribution in [3.8, 4) is 5.88 Å². The molecule has 0 radical (unpaired) electrons. The average Bonchev–Trinajstić information content (AvgIpc) is 2.68. The number of methoxy groups -OCH3 is 1. The molecular formula is C20H24ClN3O2. The van der Waals surface area contributed by atoms with Gasteiger partial charge in [0.25, 0.3) is 5.91 Å². The van der Waals surface area contributed by atoms with Crippen LogP contribution in [-0.4, -0.2) is 42.0 Å². The molecular weight excluding hydrogens is 350 g/mol. The number of carbonyl (C=O) groups excluding carboxylic acids is 1. The molecule has 1 aliphatic heterocycles. The summed E-state index contributed by atoms with van der Waals surface area (Å²) < 4.78 is 5.19. The van der Waals surface area contributed by atoms with Crippen molar-refractivity contribution in [3.63, 3.8) is 0 Å². The van der Waals surface area contributed by atoms with Crippen LogP contribution in [0, 0.1) is 0 Å². The number of rotatable bonds is 5. The first-order valence-electron chi connectivity index (χ1n) is 8.88. The van der Waals surface area contributed by atoms with Gasteiger partial charge in [-0.05, 0) is 43.5 Å². The molecule has 26 heavy (non-hydrogen) atoms. The van der Waals surface area contributed by atoms with Crippen LogP contribution in [0.3, 0.4) is 0 Å². The van der Waals surface area contributed by atoms with E-state index in [-0.39, 0.29) is 11.9 Å². The number of aromatic nitrogens is 1. The van der Waals surface area contributed by atoms with Gasteiger partial charge < -0.3 is 15.0 Å². The minimum absolute atomic E-state index is 0.0148. The summed E-state index contributed by atoms with van der Waals surface area (Å²) in [5, 5.41) is 4.16. The van der Waals surface area contributed by atoms with Crippen LogP contribution in [0.4, 0.5) is 0 Å². The molecule has 1 aromatic heterocycles. The molecule has 1 amide bonds. The van der Waals surface area contributed by atoms with Crippen molar-refractivity contribution < 1.29 is 9.53 Å². The Bertz CT molecular complexity index is 760. The van der Waals surface area contributed by atoms with E-state index in [1.165, 1.54) is 0 Å². The summed E-state index contributed by atoms with van der Waals surface area (Å²) in [5.41, 5.74) is 1.73. The normalized spacial score (nSPS) is 16.3. The van der Waals surface area contributed by atoms with Gasteiger partial charge in [0.2, 0.25) is 5.88 Å². The first-order chi connectivity index (χ1) is 12.6. The SMILES string of the molecule is COc1cc(C(C)NC2CCN(C(=O)c3ccccc3Cl)CC2)ccn1. The maximum Gasteiger partial charge on any atom is 0.255 e. The Morgan fingerprint density at radius 3 is 2.73 bits per heavy atom. The number of hydrogen-bond donors (Lipinski definition) is 1. The first kappa shape index (κ1) is 18.7. The molecule has 0 saturated carbocycles. The summed E-state index contributed by atoms with van der Waals surface area (Å²) in [7, 11) is 1.62. The van der Waals surface area contributed by atoms with Gasteiger partial charge in [-0.3, -0.25) is 4.79 Å². The molecule has 6 heteroatoms. The number of likely N-dealkylation sites (tertiary alicyclic amines) is 1. The number of halogens is 1. The van der Waals surface area contributed by atoms with E-state index in [4.69, 9.17) is 16.3 Å². The predicted molar refractivity (Wildman–Crippen MR) is 103 cm³/mol. The van der Waals surface area contributed by atoms with Gasteiger partial charge >= 0.3 is 0 Å². The summed E-state index contributed by atoms with van der Waals surface area (Å²) in [6.07, 6.45) is 3.60. The zero-order valence-corrected chi connectivity index (χ0v) is 15.9. The van der Waals surface area contributed by atoms with E-state index in [0.29, 0.717) is 22.5 Å². The van der Waals surface area contributed by atoms with Crippen LogP contribution >= 0.6 is 11.6 Å². The largest absolute Gasteiger partial charge is 0.481 e. The Hall–Kier alpha value is -2.11. The summed E-state index contributed by atoms with van der Waals surface area (Å²) in [5.74, 6) is 0.636. The van der Waals surface area contributed by atoms with Crippen molar-refractivity contribution in [2.45, 2.75) is 31.8 Å². The average molecular weight is 374 g/mol. The molecule has 0 spiro atoms. The molecule has 1 N–H and O–H groups in total. The lowest BCUT2D eigenvalue weighted by molar-refractivity contribution is 0.0702. The Morgan fingerprint density at radius 1 is 1.31 bits per heavy atom. The van der Waals surface area contributed by atoms with Crippen molar-refractivity contribution in [1.82, 2.24) is 15.2 Å². The van der Waals surface area contributed by atoms with Crippen LogP contribution in [0.1, 0.15) is 41.7 Å². The van der Waals surface area contributed by atoms with Crippen molar-refractivity contribution >= 4 is 17.5 Å². The van der Waals surface area contributed by atoms with Crippen LogP contribution < -0.4 is 10.1 Å². The highest BCUT2D eigenvalue weighted by atomic mass is 35.5. The Kier molecular flexibility index (Phi) is 6.12. The molecule has 3 rings (SSSR count). The highest BCUT2D eigenvalue weighted by Gasteiger charge is 2.25. The van der Waals surface area contributed by atoms with Crippen molar-refractivity contribution in [2.75, 3.05) is 20.2 Å². The zero-order valence-electron chi connectivity index (χ0n) is 15.1. The predicted octanol–water partition coefficient (Wildman–Crippen LogP) is 3.70. The number of nitrogens with one attached hydrogen (secondary N) is 1. The quantitative estimate of drug-likeness (QED) is 0.868. The second-order valence-corrected chi connectivity index (χ2v) is 6.97. The fourth-order valence-corrected chi connectivity index (χ4v) is 3.53. The highest BCUT2D eigenvalue weighted by Crippen LogP contribution is 2.22. The standard InChI is InChI=1S/C20H24ClN3O2/c1-14(15-7-10-22-19(13-15)26-2)23-16-8-11-24(12-9-16)20(25)17-5-3-4-6-18(17)21/h3-7,10,13-14,16,23H,8-9,11-12H2,1-2H3. The lowest BCUT2D eigenvalue weighted by Gasteiger charge is -2.34. The van der Waals surface area contributed by atoms with Crippen molar-refractivity contribution in [1.29, 1.82) is 0 Å². The van der Waals surface area contributed by atoms with Crippen LogP contribution in [0.5, 0.6) is 5.88 Å². The number of nitrogens with zero attached hydrogens (tertiary/aromatic N) is 2. The minimum Gasteiger partial charge on any atom is -0.481 e. The molecule has 5 nitrogen and oxygen atoms in total. The summed E-state index contributed by atoms with van der Waals surface area (Å²) in [4.78, 5) is 18.7. The van der Waals surface area contributed by atoms with E-state index in [0.717, 1.165) is 31.5 Å². The van der Waals surface area contributed by atoms with Crippen molar-refractivity contribution in [3.05, 3.63) is 58.7 Å². The highest BCUT2D eigenvalue weighted by molar-refractivity contribution is 6.33. The number of benzene rings is 1. The molecule has 138 valence electrons. The summed E-state index contributed by atoms with van der Waals surface area (Å²) in [6, 6.07) is 11.7. The lowest BCUT2D eigenvalue weighted by Crippen LogP contribution is -2.45. The fourth-order valence-electron chi connectivity index (χ4n) is 3.31. The monoisotopic (exact) mass is 373 g/mol. The summed E-state index contributed by atoms with van der Waals surface area (Å²) >= 11 is 6.15. The van der Waals surface area contributed by atoms with E-state index >= 15 is 0 Å². The van der Waals surface area contributed by atoms with Crippen LogP contribution in [0.15, 0.2) is 42.6 Å². The molecule has 2 aromatic rings. The second-order valence-electron chi connectivity index (χ2n) is 6.57. The van der Waals surface area contributed by atoms with Gasteiger partial charge in [-0.1, -0.05) is 23.7 Å². The number of ether oxygens (including phenoxy) is 1. The van der Waals surface area contributed by atoms with Gasteiger partial charge in [0.1, 0.15) is 0 Å². The van der Waals surface area contributed by atoms with E-state index in [9.17, 15) is 4.79 Å². The fraction of sp³-hybridized carbons (Fsp3) is 0.400. The molecule has 1 fully saturated rings. The van der Waals surface area contributed by atoms with Gasteiger partial charge in [-0.2, -0.15) is 0 Å². The molecule has 1 atom stereocenters. The van der Waals surface area contributed by atoms with Gasteiger partial charge in [-0.15, -0.1) is 0 Å². The number of piperidine rings is 1. The van der Waals surface area contributed by atoms with E-state index in [2.05, 4.69) is 17.2 Å². The number of amides is 1. The van der Waals surface area contributed by atoms with E-state index in [1.54, 1.807) is 25.4 Å². The molecule has 0 bridgehead atoms. The van der Waals surface area contributed by atoms with Crippen LogP contribution in [-0.2, 0) is 0 Å². The molecule has 2 heterocycles. The Labute approximate surface area is 159 Å². The van der Waals surface area contributed by atoms with Gasteiger partial charge in [0.15, 0.2) is 0 Å². The molecule has 1 unspecified atom stereocenters. The number of pyridine rings is 1. The zero-order chi connectivity index (χ0) is 18.5. The van der Waals surface area contributed by atoms with Crippen LogP contribution in [0.2, 0.25) is 5.02 Å². The first-order valence-corrected chi connectivity index (χ1v) is 9.26. The third kappa shape index (κ3) is 4.34. The molecule has 1 aliphatic rings. The smallest absolute Gasteiger partial charge is 0.255 e. The number of carbonyl (C=O) groups is 1. The molecule has 1 aromatic carbocycles. The maximum atomic E-state index is 12.6. The van der Waals surface area contributed by atoms with Gasteiger partial charge in [0.05, 0.1) is 17.7 Å². The van der Waals surface area contributed by atoms with Crippen molar-refractivity contribution in [2.24, 2.45) is 0 Å². The Balaban J connectivity index is 1.55.